The van der Waals surface area contributed by atoms with Crippen molar-refractivity contribution in [3.8, 4) is 0 Å². The number of hydrogen-bond donors (Lipinski definition) is 0. The van der Waals surface area contributed by atoms with Crippen molar-refractivity contribution in [1.82, 2.24) is 9.80 Å². The van der Waals surface area contributed by atoms with Gasteiger partial charge in [0.05, 0.1) is 4.87 Å². The predicted octanol–water partition coefficient (Wildman–Crippen LogP) is 2.75. The van der Waals surface area contributed by atoms with Crippen molar-refractivity contribution in [3.05, 3.63) is 34.9 Å². The normalized spacial score (nSPS) is 27.1. The van der Waals surface area contributed by atoms with Gasteiger partial charge >= 0.3 is 0 Å². The number of carbonyl (C=O) groups is 2. The van der Waals surface area contributed by atoms with E-state index in [4.69, 9.17) is 11.6 Å². The van der Waals surface area contributed by atoms with Gasteiger partial charge in [-0.25, -0.2) is 0 Å². The zero-order valence-electron chi connectivity index (χ0n) is 12.7. The van der Waals surface area contributed by atoms with Crippen molar-refractivity contribution in [2.75, 3.05) is 12.8 Å². The predicted molar refractivity (Wildman–Crippen MR) is 88.7 cm³/mol. The zero-order valence-corrected chi connectivity index (χ0v) is 14.3. The Kier molecular flexibility index (Phi) is 4.12. The molecule has 0 radical (unpaired) electrons. The number of carbonyl (C=O) groups excluding carboxylic acids is 2. The van der Waals surface area contributed by atoms with Gasteiger partial charge in [0.15, 0.2) is 0 Å². The van der Waals surface area contributed by atoms with Crippen LogP contribution in [0.25, 0.3) is 0 Å². The molecule has 0 N–H and O–H groups in total. The lowest BCUT2D eigenvalue weighted by Gasteiger charge is -2.32. The summed E-state index contributed by atoms with van der Waals surface area (Å²) in [6, 6.07) is 7.16. The third-order valence-corrected chi connectivity index (χ3v) is 6.16. The van der Waals surface area contributed by atoms with Crippen LogP contribution in [-0.4, -0.2) is 45.3 Å². The first kappa shape index (κ1) is 15.7. The molecule has 0 saturated carbocycles. The molecule has 0 bridgehead atoms. The topological polar surface area (TPSA) is 40.6 Å². The van der Waals surface area contributed by atoms with Crippen molar-refractivity contribution in [3.63, 3.8) is 0 Å². The highest BCUT2D eigenvalue weighted by Gasteiger charge is 2.53. The van der Waals surface area contributed by atoms with Crippen molar-refractivity contribution in [2.45, 2.75) is 37.2 Å². The van der Waals surface area contributed by atoms with Crippen LogP contribution in [-0.2, 0) is 16.1 Å². The lowest BCUT2D eigenvalue weighted by Crippen LogP contribution is -2.50. The highest BCUT2D eigenvalue weighted by Crippen LogP contribution is 2.47. The molecule has 1 aromatic carbocycles. The van der Waals surface area contributed by atoms with Crippen molar-refractivity contribution in [1.29, 1.82) is 0 Å². The number of likely N-dealkylation sites (N-methyl/N-ethyl adjacent to an activating group) is 1. The summed E-state index contributed by atoms with van der Waals surface area (Å²) in [5.74, 6) is 0.787. The summed E-state index contributed by atoms with van der Waals surface area (Å²) in [6.07, 6.45) is 1.38. The van der Waals surface area contributed by atoms with Crippen molar-refractivity contribution < 1.29 is 9.59 Å². The monoisotopic (exact) mass is 338 g/mol. The van der Waals surface area contributed by atoms with Gasteiger partial charge in [-0.15, -0.1) is 11.8 Å². The molecule has 2 aliphatic rings. The number of thioether (sulfide) groups is 1. The molecule has 22 heavy (non-hydrogen) atoms. The molecule has 2 saturated heterocycles. The van der Waals surface area contributed by atoms with Crippen LogP contribution >= 0.6 is 23.4 Å². The molecule has 2 heterocycles. The second kappa shape index (κ2) is 5.78. The molecule has 0 aromatic heterocycles. The molecule has 2 fully saturated rings. The molecule has 2 amide bonds. The lowest BCUT2D eigenvalue weighted by atomic mass is 10.1. The summed E-state index contributed by atoms with van der Waals surface area (Å²) in [6.45, 7) is 2.56. The zero-order chi connectivity index (χ0) is 15.9. The molecule has 2 aliphatic heterocycles. The number of nitrogens with zero attached hydrogens (tertiary/aromatic N) is 2. The molecule has 2 atom stereocenters. The van der Waals surface area contributed by atoms with E-state index in [-0.39, 0.29) is 22.7 Å². The molecule has 0 spiro atoms. The second-order valence-corrected chi connectivity index (χ2v) is 8.03. The fourth-order valence-electron chi connectivity index (χ4n) is 3.24. The first-order valence-corrected chi connectivity index (χ1v) is 8.73. The molecule has 118 valence electrons. The highest BCUT2D eigenvalue weighted by atomic mass is 35.5. The summed E-state index contributed by atoms with van der Waals surface area (Å²) < 4.78 is 0. The smallest absolute Gasteiger partial charge is 0.246 e. The van der Waals surface area contributed by atoms with Crippen LogP contribution in [0.3, 0.4) is 0 Å². The average Bonchev–Trinajstić information content (AvgIpc) is 2.95. The summed E-state index contributed by atoms with van der Waals surface area (Å²) in [4.78, 5) is 28.2. The van der Waals surface area contributed by atoms with Gasteiger partial charge in [0.1, 0.15) is 6.04 Å². The van der Waals surface area contributed by atoms with E-state index in [9.17, 15) is 9.59 Å². The summed E-state index contributed by atoms with van der Waals surface area (Å²) in [5, 5.41) is 0.664. The molecule has 4 nitrogen and oxygen atoms in total. The second-order valence-electron chi connectivity index (χ2n) is 6.09. The fourth-order valence-corrected chi connectivity index (χ4v) is 4.88. The number of benzene rings is 1. The van der Waals surface area contributed by atoms with E-state index in [1.165, 1.54) is 0 Å². The third kappa shape index (κ3) is 2.72. The highest BCUT2D eigenvalue weighted by molar-refractivity contribution is 8.01. The Morgan fingerprint density at radius 1 is 1.55 bits per heavy atom. The third-order valence-electron chi connectivity index (χ3n) is 4.41. The SMILES string of the molecule is CN(Cc1cccc(Cl)c1)C(=O)[C@H]1CS[C@@]2(C)CCC(=O)N12. The summed E-state index contributed by atoms with van der Waals surface area (Å²) in [5.41, 5.74) is 0.990. The maximum atomic E-state index is 12.8. The van der Waals surface area contributed by atoms with E-state index < -0.39 is 0 Å². The van der Waals surface area contributed by atoms with Gasteiger partial charge in [-0.2, -0.15) is 0 Å². The minimum atomic E-state index is -0.339. The van der Waals surface area contributed by atoms with Crippen molar-refractivity contribution >= 4 is 35.2 Å². The van der Waals surface area contributed by atoms with Crippen LogP contribution in [0.15, 0.2) is 24.3 Å². The molecule has 0 aliphatic carbocycles. The lowest BCUT2D eigenvalue weighted by molar-refractivity contribution is -0.143. The number of rotatable bonds is 3. The Morgan fingerprint density at radius 3 is 3.05 bits per heavy atom. The summed E-state index contributed by atoms with van der Waals surface area (Å²) in [7, 11) is 1.78. The van der Waals surface area contributed by atoms with Crippen molar-refractivity contribution in [2.24, 2.45) is 0 Å². The number of amides is 2. The Morgan fingerprint density at radius 2 is 2.32 bits per heavy atom. The van der Waals surface area contributed by atoms with Gasteiger partial charge in [-0.1, -0.05) is 23.7 Å². The number of fused-ring (bicyclic) bond motifs is 1. The minimum absolute atomic E-state index is 0.00597. The van der Waals surface area contributed by atoms with Gasteiger partial charge in [-0.3, -0.25) is 9.59 Å². The molecule has 3 rings (SSSR count). The molecular formula is C16H19ClN2O2S. The number of halogens is 1. The Labute approximate surface area is 139 Å². The Hall–Kier alpha value is -1.20. The Bertz CT molecular complexity index is 624. The van der Waals surface area contributed by atoms with Crippen LogP contribution < -0.4 is 0 Å². The van der Waals surface area contributed by atoms with E-state index in [2.05, 4.69) is 6.92 Å². The maximum Gasteiger partial charge on any atom is 0.246 e. The Balaban J connectivity index is 1.72. The van der Waals surface area contributed by atoms with Crippen LogP contribution in [0.2, 0.25) is 5.02 Å². The largest absolute Gasteiger partial charge is 0.340 e. The van der Waals surface area contributed by atoms with E-state index in [1.54, 1.807) is 28.6 Å². The summed E-state index contributed by atoms with van der Waals surface area (Å²) >= 11 is 7.70. The molecule has 6 heteroatoms. The maximum absolute atomic E-state index is 12.8. The first-order chi connectivity index (χ1) is 10.4. The van der Waals surface area contributed by atoms with E-state index in [1.807, 2.05) is 24.3 Å². The minimum Gasteiger partial charge on any atom is -0.340 e. The first-order valence-electron chi connectivity index (χ1n) is 7.36. The van der Waals surface area contributed by atoms with Gasteiger partial charge in [0.2, 0.25) is 11.8 Å². The van der Waals surface area contributed by atoms with E-state index in [0.29, 0.717) is 23.7 Å². The van der Waals surface area contributed by atoms with Crippen LogP contribution in [0.1, 0.15) is 25.3 Å². The van der Waals surface area contributed by atoms with Crippen LogP contribution in [0, 0.1) is 0 Å². The standard InChI is InChI=1S/C16H19ClN2O2S/c1-16-7-6-14(20)19(16)13(10-22-16)15(21)18(2)9-11-4-3-5-12(17)8-11/h3-5,8,13H,6-7,9-10H2,1-2H3/t13-,16+/m1/s1. The van der Waals surface area contributed by atoms with Crippen LogP contribution in [0.4, 0.5) is 0 Å². The number of hydrogen-bond acceptors (Lipinski definition) is 3. The van der Waals surface area contributed by atoms with Crippen LogP contribution in [0.5, 0.6) is 0 Å². The van der Waals surface area contributed by atoms with E-state index >= 15 is 0 Å². The molecule has 1 aromatic rings. The fraction of sp³-hybridized carbons (Fsp3) is 0.500. The molecule has 0 unspecified atom stereocenters. The van der Waals surface area contributed by atoms with E-state index in [0.717, 1.165) is 12.0 Å². The van der Waals surface area contributed by atoms with Gasteiger partial charge in [0.25, 0.3) is 0 Å². The molecular weight excluding hydrogens is 320 g/mol. The van der Waals surface area contributed by atoms with Gasteiger partial charge in [-0.05, 0) is 31.0 Å². The van der Waals surface area contributed by atoms with Gasteiger partial charge in [0, 0.05) is 30.8 Å². The average molecular weight is 339 g/mol. The quantitative estimate of drug-likeness (QED) is 0.851. The van der Waals surface area contributed by atoms with Gasteiger partial charge < -0.3 is 9.80 Å².